The summed E-state index contributed by atoms with van der Waals surface area (Å²) in [7, 11) is -3.57. The monoisotopic (exact) mass is 312 g/mol. The maximum atomic E-state index is 12.7. The zero-order chi connectivity index (χ0) is 15.3. The van der Waals surface area contributed by atoms with Crippen LogP contribution in [0.5, 0.6) is 0 Å². The van der Waals surface area contributed by atoms with E-state index in [0.717, 1.165) is 25.8 Å². The fourth-order valence-electron chi connectivity index (χ4n) is 2.50. The van der Waals surface area contributed by atoms with Crippen molar-refractivity contribution in [2.75, 3.05) is 25.1 Å². The highest BCUT2D eigenvalue weighted by Crippen LogP contribution is 2.25. The normalized spacial score (nSPS) is 23.0. The summed E-state index contributed by atoms with van der Waals surface area (Å²) in [5, 5.41) is 3.17. The molecule has 2 N–H and O–H groups in total. The molecule has 1 aromatic carbocycles. The van der Waals surface area contributed by atoms with Crippen LogP contribution < -0.4 is 10.0 Å². The molecule has 6 heteroatoms. The number of ether oxygens (including phenoxy) is 1. The first-order chi connectivity index (χ1) is 9.97. The van der Waals surface area contributed by atoms with E-state index in [9.17, 15) is 8.42 Å². The molecule has 0 saturated carbocycles. The fraction of sp³-hybridized carbons (Fsp3) is 0.600. The van der Waals surface area contributed by atoms with Crippen LogP contribution >= 0.6 is 0 Å². The molecule has 1 aromatic rings. The van der Waals surface area contributed by atoms with Gasteiger partial charge in [0, 0.05) is 13.2 Å². The van der Waals surface area contributed by atoms with Gasteiger partial charge in [-0.1, -0.05) is 19.1 Å². The second kappa shape index (κ2) is 6.77. The molecule has 1 aliphatic heterocycles. The van der Waals surface area contributed by atoms with Gasteiger partial charge in [-0.05, 0) is 38.3 Å². The van der Waals surface area contributed by atoms with Crippen LogP contribution in [0.15, 0.2) is 29.2 Å². The molecule has 118 valence electrons. The van der Waals surface area contributed by atoms with Gasteiger partial charge in [-0.2, -0.15) is 0 Å². The zero-order valence-corrected chi connectivity index (χ0v) is 13.5. The van der Waals surface area contributed by atoms with Crippen LogP contribution in [0.2, 0.25) is 0 Å². The van der Waals surface area contributed by atoms with Crippen LogP contribution in [-0.2, 0) is 14.8 Å². The Morgan fingerprint density at radius 3 is 2.76 bits per heavy atom. The molecule has 0 bridgehead atoms. The van der Waals surface area contributed by atoms with Gasteiger partial charge in [0.05, 0.1) is 17.8 Å². The van der Waals surface area contributed by atoms with E-state index in [1.165, 1.54) is 0 Å². The van der Waals surface area contributed by atoms with Crippen molar-refractivity contribution in [1.82, 2.24) is 4.72 Å². The van der Waals surface area contributed by atoms with Gasteiger partial charge >= 0.3 is 0 Å². The summed E-state index contributed by atoms with van der Waals surface area (Å²) in [6, 6.07) is 7.01. The minimum absolute atomic E-state index is 0.297. The standard InChI is InChI=1S/C15H24N2O3S/c1-3-10-16-13-7-4-5-8-14(13)21(18,19)17-15(2)9-6-11-20-12-15/h4-5,7-8,16-17H,3,6,9-12H2,1-2H3. The lowest BCUT2D eigenvalue weighted by Crippen LogP contribution is -2.51. The van der Waals surface area contributed by atoms with Crippen molar-refractivity contribution in [2.24, 2.45) is 0 Å². The van der Waals surface area contributed by atoms with E-state index in [4.69, 9.17) is 4.74 Å². The summed E-state index contributed by atoms with van der Waals surface area (Å²) in [6.07, 6.45) is 2.60. The Bertz CT molecular complexity index is 566. The van der Waals surface area contributed by atoms with Crippen LogP contribution in [-0.4, -0.2) is 33.7 Å². The average molecular weight is 312 g/mol. The number of para-hydroxylation sites is 1. The molecule has 2 rings (SSSR count). The van der Waals surface area contributed by atoms with Gasteiger partial charge in [-0.15, -0.1) is 0 Å². The minimum atomic E-state index is -3.57. The van der Waals surface area contributed by atoms with Crippen LogP contribution in [0.4, 0.5) is 5.69 Å². The fourth-order valence-corrected chi connectivity index (χ4v) is 4.11. The van der Waals surface area contributed by atoms with Crippen molar-refractivity contribution >= 4 is 15.7 Å². The molecule has 1 fully saturated rings. The quantitative estimate of drug-likeness (QED) is 0.846. The Labute approximate surface area is 127 Å². The lowest BCUT2D eigenvalue weighted by molar-refractivity contribution is 0.0386. The Balaban J connectivity index is 2.22. The number of nitrogens with one attached hydrogen (secondary N) is 2. The smallest absolute Gasteiger partial charge is 0.243 e. The van der Waals surface area contributed by atoms with E-state index in [-0.39, 0.29) is 0 Å². The lowest BCUT2D eigenvalue weighted by atomic mass is 9.97. The third kappa shape index (κ3) is 4.18. The van der Waals surface area contributed by atoms with Gasteiger partial charge in [-0.25, -0.2) is 13.1 Å². The Kier molecular flexibility index (Phi) is 5.24. The number of hydrogen-bond donors (Lipinski definition) is 2. The lowest BCUT2D eigenvalue weighted by Gasteiger charge is -2.34. The van der Waals surface area contributed by atoms with Crippen molar-refractivity contribution in [3.05, 3.63) is 24.3 Å². The van der Waals surface area contributed by atoms with Crippen molar-refractivity contribution in [1.29, 1.82) is 0 Å². The third-order valence-electron chi connectivity index (χ3n) is 3.56. The van der Waals surface area contributed by atoms with E-state index >= 15 is 0 Å². The molecule has 0 radical (unpaired) electrons. The predicted molar refractivity (Wildman–Crippen MR) is 84.0 cm³/mol. The van der Waals surface area contributed by atoms with Gasteiger partial charge in [0.25, 0.3) is 0 Å². The highest BCUT2D eigenvalue weighted by Gasteiger charge is 2.33. The first-order valence-electron chi connectivity index (χ1n) is 7.41. The highest BCUT2D eigenvalue weighted by molar-refractivity contribution is 7.89. The van der Waals surface area contributed by atoms with E-state index in [2.05, 4.69) is 10.0 Å². The first-order valence-corrected chi connectivity index (χ1v) is 8.90. The van der Waals surface area contributed by atoms with Crippen molar-refractivity contribution < 1.29 is 13.2 Å². The number of hydrogen-bond acceptors (Lipinski definition) is 4. The van der Waals surface area contributed by atoms with Crippen LogP contribution in [0, 0.1) is 0 Å². The first kappa shape index (κ1) is 16.3. The molecule has 1 atom stereocenters. The second-order valence-corrected chi connectivity index (χ2v) is 7.40. The molecule has 1 unspecified atom stereocenters. The molecule has 0 spiro atoms. The van der Waals surface area contributed by atoms with Crippen LogP contribution in [0.25, 0.3) is 0 Å². The van der Waals surface area contributed by atoms with Crippen molar-refractivity contribution in [3.8, 4) is 0 Å². The molecular weight excluding hydrogens is 288 g/mol. The minimum Gasteiger partial charge on any atom is -0.384 e. The highest BCUT2D eigenvalue weighted by atomic mass is 32.2. The van der Waals surface area contributed by atoms with Crippen molar-refractivity contribution in [3.63, 3.8) is 0 Å². The van der Waals surface area contributed by atoms with Gasteiger partial charge in [-0.3, -0.25) is 0 Å². The maximum Gasteiger partial charge on any atom is 0.243 e. The van der Waals surface area contributed by atoms with E-state index in [0.29, 0.717) is 23.8 Å². The van der Waals surface area contributed by atoms with E-state index < -0.39 is 15.6 Å². The molecule has 1 saturated heterocycles. The SMILES string of the molecule is CCCNc1ccccc1S(=O)(=O)NC1(C)CCCOC1. The third-order valence-corrected chi connectivity index (χ3v) is 5.26. The molecule has 21 heavy (non-hydrogen) atoms. The molecular formula is C15H24N2O3S. The molecule has 1 heterocycles. The topological polar surface area (TPSA) is 67.4 Å². The second-order valence-electron chi connectivity index (χ2n) is 5.75. The van der Waals surface area contributed by atoms with Gasteiger partial charge in [0.2, 0.25) is 10.0 Å². The summed E-state index contributed by atoms with van der Waals surface area (Å²) in [6.45, 7) is 5.80. The Morgan fingerprint density at radius 1 is 1.33 bits per heavy atom. The summed E-state index contributed by atoms with van der Waals surface area (Å²) >= 11 is 0. The van der Waals surface area contributed by atoms with Crippen LogP contribution in [0.1, 0.15) is 33.1 Å². The van der Waals surface area contributed by atoms with E-state index in [1.807, 2.05) is 19.9 Å². The number of benzene rings is 1. The summed E-state index contributed by atoms with van der Waals surface area (Å²) in [4.78, 5) is 0.297. The molecule has 5 nitrogen and oxygen atoms in total. The summed E-state index contributed by atoms with van der Waals surface area (Å²) in [5.41, 5.74) is 0.113. The number of rotatable bonds is 6. The predicted octanol–water partition coefficient (Wildman–Crippen LogP) is 2.36. The van der Waals surface area contributed by atoms with Crippen molar-refractivity contribution in [2.45, 2.75) is 43.5 Å². The molecule has 0 amide bonds. The average Bonchev–Trinajstić information content (AvgIpc) is 2.45. The number of anilines is 1. The number of sulfonamides is 1. The van der Waals surface area contributed by atoms with E-state index in [1.54, 1.807) is 18.2 Å². The summed E-state index contributed by atoms with van der Waals surface area (Å²) in [5.74, 6) is 0. The molecule has 1 aliphatic rings. The van der Waals surface area contributed by atoms with Gasteiger partial charge < -0.3 is 10.1 Å². The molecule has 0 aromatic heterocycles. The molecule has 0 aliphatic carbocycles. The maximum absolute atomic E-state index is 12.7. The summed E-state index contributed by atoms with van der Waals surface area (Å²) < 4.78 is 33.6. The zero-order valence-electron chi connectivity index (χ0n) is 12.7. The van der Waals surface area contributed by atoms with Gasteiger partial charge in [0.15, 0.2) is 0 Å². The van der Waals surface area contributed by atoms with Crippen LogP contribution in [0.3, 0.4) is 0 Å². The largest absolute Gasteiger partial charge is 0.384 e. The Morgan fingerprint density at radius 2 is 2.10 bits per heavy atom. The van der Waals surface area contributed by atoms with Gasteiger partial charge in [0.1, 0.15) is 4.90 Å². The Hall–Kier alpha value is -1.11.